The van der Waals surface area contributed by atoms with Crippen molar-refractivity contribution >= 4 is 22.5 Å². The highest BCUT2D eigenvalue weighted by atomic mass is 16.2. The molecule has 1 N–H and O–H groups in total. The molecule has 1 fully saturated rings. The molecule has 4 heteroatoms. The summed E-state index contributed by atoms with van der Waals surface area (Å²) in [6.45, 7) is 1.79. The van der Waals surface area contributed by atoms with E-state index in [9.17, 15) is 14.9 Å². The van der Waals surface area contributed by atoms with Gasteiger partial charge in [-0.2, -0.15) is 5.26 Å². The SMILES string of the molecule is Cc1[nH]c2ccccc2c1C(=O)[C@H](C#N)C(=O)C1CC1. The van der Waals surface area contributed by atoms with Crippen molar-refractivity contribution in [3.63, 3.8) is 0 Å². The van der Waals surface area contributed by atoms with Gasteiger partial charge in [0.1, 0.15) is 0 Å². The molecular weight excluding hydrogens is 252 g/mol. The lowest BCUT2D eigenvalue weighted by Crippen LogP contribution is -2.24. The Kier molecular flexibility index (Phi) is 2.90. The van der Waals surface area contributed by atoms with Crippen LogP contribution in [0.1, 0.15) is 28.9 Å². The molecule has 0 aliphatic heterocycles. The van der Waals surface area contributed by atoms with E-state index in [-0.39, 0.29) is 17.5 Å². The van der Waals surface area contributed by atoms with Gasteiger partial charge in [-0.1, -0.05) is 18.2 Å². The maximum Gasteiger partial charge on any atom is 0.189 e. The Morgan fingerprint density at radius 3 is 2.70 bits per heavy atom. The Labute approximate surface area is 116 Å². The Bertz CT molecular complexity index is 747. The monoisotopic (exact) mass is 266 g/mol. The fraction of sp³-hybridized carbons (Fsp3) is 0.312. The molecule has 1 aromatic carbocycles. The van der Waals surface area contributed by atoms with E-state index in [0.29, 0.717) is 11.3 Å². The number of hydrogen-bond acceptors (Lipinski definition) is 3. The average Bonchev–Trinajstić information content (AvgIpc) is 3.21. The molecule has 0 spiro atoms. The van der Waals surface area contributed by atoms with Crippen molar-refractivity contribution < 1.29 is 9.59 Å². The number of aromatic amines is 1. The van der Waals surface area contributed by atoms with Gasteiger partial charge < -0.3 is 4.98 Å². The highest BCUT2D eigenvalue weighted by Gasteiger charge is 2.39. The third kappa shape index (κ3) is 1.92. The Hall–Kier alpha value is -2.41. The van der Waals surface area contributed by atoms with Crippen molar-refractivity contribution in [3.05, 3.63) is 35.5 Å². The summed E-state index contributed by atoms with van der Waals surface area (Å²) in [5.41, 5.74) is 2.03. The second kappa shape index (κ2) is 4.61. The number of aryl methyl sites for hydroxylation is 1. The molecule has 2 aromatic rings. The van der Waals surface area contributed by atoms with E-state index in [1.165, 1.54) is 0 Å². The highest BCUT2D eigenvalue weighted by molar-refractivity contribution is 6.19. The van der Waals surface area contributed by atoms with Crippen LogP contribution in [0.2, 0.25) is 0 Å². The van der Waals surface area contributed by atoms with Gasteiger partial charge in [0, 0.05) is 28.1 Å². The summed E-state index contributed by atoms with van der Waals surface area (Å²) in [5, 5.41) is 9.98. The third-order valence-corrected chi connectivity index (χ3v) is 3.80. The van der Waals surface area contributed by atoms with Crippen LogP contribution >= 0.6 is 0 Å². The number of carbonyl (C=O) groups excluding carboxylic acids is 2. The predicted molar refractivity (Wildman–Crippen MR) is 74.2 cm³/mol. The van der Waals surface area contributed by atoms with Crippen molar-refractivity contribution in [2.24, 2.45) is 11.8 Å². The minimum atomic E-state index is -1.17. The van der Waals surface area contributed by atoms with Gasteiger partial charge in [-0.3, -0.25) is 9.59 Å². The summed E-state index contributed by atoms with van der Waals surface area (Å²) < 4.78 is 0. The number of rotatable bonds is 4. The molecule has 3 rings (SSSR count). The maximum absolute atomic E-state index is 12.6. The van der Waals surface area contributed by atoms with E-state index in [4.69, 9.17) is 0 Å². The molecule has 100 valence electrons. The van der Waals surface area contributed by atoms with Crippen LogP contribution in [-0.2, 0) is 4.79 Å². The molecule has 0 bridgehead atoms. The Morgan fingerprint density at radius 1 is 1.35 bits per heavy atom. The van der Waals surface area contributed by atoms with Gasteiger partial charge in [0.25, 0.3) is 0 Å². The second-order valence-electron chi connectivity index (χ2n) is 5.27. The van der Waals surface area contributed by atoms with Gasteiger partial charge in [0.2, 0.25) is 0 Å². The lowest BCUT2D eigenvalue weighted by atomic mass is 9.91. The third-order valence-electron chi connectivity index (χ3n) is 3.80. The van der Waals surface area contributed by atoms with Crippen molar-refractivity contribution in [1.29, 1.82) is 5.26 Å². The van der Waals surface area contributed by atoms with E-state index < -0.39 is 5.92 Å². The number of nitriles is 1. The predicted octanol–water partition coefficient (Wildman–Crippen LogP) is 2.78. The largest absolute Gasteiger partial charge is 0.358 e. The molecule has 20 heavy (non-hydrogen) atoms. The molecule has 1 heterocycles. The maximum atomic E-state index is 12.6. The molecule has 0 radical (unpaired) electrons. The number of aromatic nitrogens is 1. The zero-order chi connectivity index (χ0) is 14.3. The number of Topliss-reactive ketones (excluding diaryl/α,β-unsaturated/α-hetero) is 2. The summed E-state index contributed by atoms with van der Waals surface area (Å²) in [7, 11) is 0. The zero-order valence-electron chi connectivity index (χ0n) is 11.1. The Balaban J connectivity index is 2.05. The van der Waals surface area contributed by atoms with E-state index in [1.54, 1.807) is 6.92 Å². The fourth-order valence-corrected chi connectivity index (χ4v) is 2.59. The van der Waals surface area contributed by atoms with E-state index in [2.05, 4.69) is 4.98 Å². The zero-order valence-corrected chi connectivity index (χ0v) is 11.1. The molecule has 1 aliphatic rings. The van der Waals surface area contributed by atoms with E-state index >= 15 is 0 Å². The highest BCUT2D eigenvalue weighted by Crippen LogP contribution is 2.34. The lowest BCUT2D eigenvalue weighted by molar-refractivity contribution is -0.121. The van der Waals surface area contributed by atoms with Crippen LogP contribution in [0.5, 0.6) is 0 Å². The van der Waals surface area contributed by atoms with Gasteiger partial charge in [-0.25, -0.2) is 0 Å². The number of H-pyrrole nitrogens is 1. The number of nitrogens with zero attached hydrogens (tertiary/aromatic N) is 1. The minimum Gasteiger partial charge on any atom is -0.358 e. The first kappa shape index (κ1) is 12.6. The summed E-state index contributed by atoms with van der Waals surface area (Å²) in [5.74, 6) is -1.85. The Morgan fingerprint density at radius 2 is 2.05 bits per heavy atom. The van der Waals surface area contributed by atoms with E-state index in [1.807, 2.05) is 30.3 Å². The number of carbonyl (C=O) groups is 2. The van der Waals surface area contributed by atoms with Crippen LogP contribution in [0.25, 0.3) is 10.9 Å². The van der Waals surface area contributed by atoms with Crippen LogP contribution in [0.3, 0.4) is 0 Å². The first-order valence-corrected chi connectivity index (χ1v) is 6.68. The van der Waals surface area contributed by atoms with Gasteiger partial charge >= 0.3 is 0 Å². The van der Waals surface area contributed by atoms with Crippen LogP contribution in [-0.4, -0.2) is 16.6 Å². The molecule has 0 unspecified atom stereocenters. The first-order chi connectivity index (χ1) is 9.63. The average molecular weight is 266 g/mol. The molecule has 1 atom stereocenters. The quantitative estimate of drug-likeness (QED) is 0.683. The van der Waals surface area contributed by atoms with E-state index in [0.717, 1.165) is 23.7 Å². The standard InChI is InChI=1S/C16H14N2O2/c1-9-14(11-4-2-3-5-13(11)18-9)16(20)12(8-17)15(19)10-6-7-10/h2-5,10,12,18H,6-7H2,1H3/t12-/m1/s1. The van der Waals surface area contributed by atoms with Gasteiger partial charge in [0.15, 0.2) is 17.5 Å². The molecular formula is C16H14N2O2. The molecule has 0 amide bonds. The lowest BCUT2D eigenvalue weighted by Gasteiger charge is -2.06. The van der Waals surface area contributed by atoms with Crippen LogP contribution in [0, 0.1) is 30.1 Å². The number of para-hydroxylation sites is 1. The molecule has 1 aromatic heterocycles. The fourth-order valence-electron chi connectivity index (χ4n) is 2.59. The normalized spacial score (nSPS) is 15.8. The number of nitrogens with one attached hydrogen (secondary N) is 1. The number of ketones is 2. The van der Waals surface area contributed by atoms with Crippen LogP contribution in [0.4, 0.5) is 0 Å². The van der Waals surface area contributed by atoms with Crippen LogP contribution < -0.4 is 0 Å². The summed E-state index contributed by atoms with van der Waals surface area (Å²) >= 11 is 0. The number of hydrogen-bond donors (Lipinski definition) is 1. The van der Waals surface area contributed by atoms with Crippen molar-refractivity contribution in [2.75, 3.05) is 0 Å². The van der Waals surface area contributed by atoms with Crippen molar-refractivity contribution in [3.8, 4) is 6.07 Å². The summed E-state index contributed by atoms with van der Waals surface area (Å²) in [6.07, 6.45) is 1.61. The topological polar surface area (TPSA) is 73.7 Å². The van der Waals surface area contributed by atoms with Gasteiger partial charge in [0.05, 0.1) is 6.07 Å². The molecule has 1 aliphatic carbocycles. The summed E-state index contributed by atoms with van der Waals surface area (Å²) in [4.78, 5) is 27.8. The van der Waals surface area contributed by atoms with Gasteiger partial charge in [-0.05, 0) is 25.8 Å². The van der Waals surface area contributed by atoms with Crippen LogP contribution in [0.15, 0.2) is 24.3 Å². The molecule has 0 saturated heterocycles. The summed E-state index contributed by atoms with van der Waals surface area (Å²) in [6, 6.07) is 9.33. The van der Waals surface area contributed by atoms with Crippen molar-refractivity contribution in [2.45, 2.75) is 19.8 Å². The molecule has 4 nitrogen and oxygen atoms in total. The first-order valence-electron chi connectivity index (χ1n) is 6.68. The number of fused-ring (bicyclic) bond motifs is 1. The number of benzene rings is 1. The smallest absolute Gasteiger partial charge is 0.189 e. The van der Waals surface area contributed by atoms with Gasteiger partial charge in [-0.15, -0.1) is 0 Å². The molecule has 1 saturated carbocycles. The second-order valence-corrected chi connectivity index (χ2v) is 5.27. The van der Waals surface area contributed by atoms with Crippen molar-refractivity contribution in [1.82, 2.24) is 4.98 Å². The minimum absolute atomic E-state index is 0.0888.